The van der Waals surface area contributed by atoms with E-state index in [9.17, 15) is 4.79 Å². The van der Waals surface area contributed by atoms with Crippen LogP contribution < -0.4 is 9.47 Å². The molecule has 27 heavy (non-hydrogen) atoms. The van der Waals surface area contributed by atoms with Gasteiger partial charge in [0.05, 0.1) is 6.10 Å². The number of hydrogen-bond acceptors (Lipinski definition) is 5. The number of carbonyl (C=O) groups is 1. The van der Waals surface area contributed by atoms with Crippen molar-refractivity contribution < 1.29 is 23.4 Å². The van der Waals surface area contributed by atoms with Gasteiger partial charge in [-0.2, -0.15) is 0 Å². The second kappa shape index (κ2) is 6.09. The first-order valence-corrected chi connectivity index (χ1v) is 12.9. The fourth-order valence-electron chi connectivity index (χ4n) is 3.63. The lowest BCUT2D eigenvalue weighted by molar-refractivity contribution is -0.168. The monoisotopic (exact) mass is 452 g/mol. The summed E-state index contributed by atoms with van der Waals surface area (Å²) < 4.78 is 24.4. The van der Waals surface area contributed by atoms with Gasteiger partial charge in [0.15, 0.2) is 19.8 Å². The Kier molecular flexibility index (Phi) is 4.29. The average Bonchev–Trinajstić information content (AvgIpc) is 3.03. The number of fused-ring (bicyclic) bond motifs is 3. The van der Waals surface area contributed by atoms with Crippen LogP contribution in [0, 0.1) is 0 Å². The first kappa shape index (κ1) is 19.0. The van der Waals surface area contributed by atoms with Gasteiger partial charge in [-0.05, 0) is 41.9 Å². The van der Waals surface area contributed by atoms with Gasteiger partial charge in [-0.25, -0.2) is 0 Å². The number of benzene rings is 1. The van der Waals surface area contributed by atoms with Crippen LogP contribution in [0.5, 0.6) is 11.5 Å². The summed E-state index contributed by atoms with van der Waals surface area (Å²) in [6, 6.07) is 5.65. The Morgan fingerprint density at radius 3 is 2.63 bits per heavy atom. The lowest BCUT2D eigenvalue weighted by Gasteiger charge is -2.51. The normalized spacial score (nSPS) is 29.6. The van der Waals surface area contributed by atoms with Crippen LogP contribution >= 0.6 is 15.9 Å². The van der Waals surface area contributed by atoms with E-state index in [-0.39, 0.29) is 30.0 Å². The van der Waals surface area contributed by atoms with E-state index in [1.807, 2.05) is 24.3 Å². The lowest BCUT2D eigenvalue weighted by Crippen LogP contribution is -2.61. The maximum absolute atomic E-state index is 13.1. The lowest BCUT2D eigenvalue weighted by atomic mass is 9.68. The number of ether oxygens (including phenoxy) is 3. The van der Waals surface area contributed by atoms with Crippen LogP contribution in [0.2, 0.25) is 18.1 Å². The smallest absolute Gasteiger partial charge is 0.323 e. The summed E-state index contributed by atoms with van der Waals surface area (Å²) in [7, 11) is -2.09. The number of esters is 1. The van der Waals surface area contributed by atoms with E-state index in [1.54, 1.807) is 0 Å². The molecule has 5 nitrogen and oxygen atoms in total. The van der Waals surface area contributed by atoms with Gasteiger partial charge in [-0.1, -0.05) is 42.8 Å². The summed E-state index contributed by atoms with van der Waals surface area (Å²) in [6.07, 6.45) is 2.07. The Balaban J connectivity index is 1.82. The molecule has 5 rings (SSSR count). The van der Waals surface area contributed by atoms with Crippen molar-refractivity contribution >= 4 is 30.2 Å². The summed E-state index contributed by atoms with van der Waals surface area (Å²) in [6.45, 7) is 11.2. The second-order valence-corrected chi connectivity index (χ2v) is 14.6. The van der Waals surface area contributed by atoms with Crippen molar-refractivity contribution in [3.8, 4) is 11.5 Å². The zero-order chi connectivity index (χ0) is 19.6. The van der Waals surface area contributed by atoms with Gasteiger partial charge in [0, 0.05) is 10.9 Å². The van der Waals surface area contributed by atoms with Crippen molar-refractivity contribution in [1.82, 2.24) is 0 Å². The van der Waals surface area contributed by atoms with Gasteiger partial charge in [0.2, 0.25) is 6.79 Å². The molecule has 0 aromatic heterocycles. The summed E-state index contributed by atoms with van der Waals surface area (Å²) in [5.74, 6) is 1.08. The van der Waals surface area contributed by atoms with E-state index < -0.39 is 13.7 Å². The first-order chi connectivity index (χ1) is 12.5. The van der Waals surface area contributed by atoms with Gasteiger partial charge in [-0.15, -0.1) is 0 Å². The molecule has 1 saturated heterocycles. The highest BCUT2D eigenvalue weighted by atomic mass is 79.9. The zero-order valence-electron chi connectivity index (χ0n) is 16.3. The summed E-state index contributed by atoms with van der Waals surface area (Å²) in [5.41, 5.74) is -0.167. The van der Waals surface area contributed by atoms with Crippen molar-refractivity contribution in [3.05, 3.63) is 34.3 Å². The summed E-state index contributed by atoms with van der Waals surface area (Å²) in [5, 5.41) is 0.0462. The number of halogens is 1. The highest BCUT2D eigenvalue weighted by molar-refractivity contribution is 9.11. The molecule has 0 spiro atoms. The SMILES string of the molecule is CC(C)(C)[Si](C)(C)O[C@@H]1C[C@H]2OC(=O)[C@]1(c1ccc3c(c1)OCO3)C=C2Br. The van der Waals surface area contributed by atoms with Gasteiger partial charge in [0.1, 0.15) is 11.5 Å². The first-order valence-electron chi connectivity index (χ1n) is 9.22. The quantitative estimate of drug-likeness (QED) is 0.493. The molecule has 146 valence electrons. The van der Waals surface area contributed by atoms with E-state index in [1.165, 1.54) is 0 Å². The Hall–Kier alpha value is -1.31. The highest BCUT2D eigenvalue weighted by Crippen LogP contribution is 2.51. The van der Waals surface area contributed by atoms with Crippen LogP contribution in [0.1, 0.15) is 32.8 Å². The largest absolute Gasteiger partial charge is 0.456 e. The van der Waals surface area contributed by atoms with Crippen LogP contribution in [0.4, 0.5) is 0 Å². The molecule has 1 fully saturated rings. The molecule has 0 unspecified atom stereocenters. The second-order valence-electron chi connectivity index (χ2n) is 8.96. The third kappa shape index (κ3) is 2.86. The van der Waals surface area contributed by atoms with Crippen LogP contribution in [0.3, 0.4) is 0 Å². The van der Waals surface area contributed by atoms with E-state index in [4.69, 9.17) is 18.6 Å². The predicted molar refractivity (Wildman–Crippen MR) is 108 cm³/mol. The molecule has 3 aliphatic heterocycles. The Labute approximate surface area is 169 Å². The van der Waals surface area contributed by atoms with E-state index in [2.05, 4.69) is 49.8 Å². The minimum absolute atomic E-state index is 0.0462. The fourth-order valence-corrected chi connectivity index (χ4v) is 5.62. The Morgan fingerprint density at radius 2 is 1.93 bits per heavy atom. The predicted octanol–water partition coefficient (Wildman–Crippen LogP) is 4.65. The topological polar surface area (TPSA) is 54.0 Å². The Bertz CT molecular complexity index is 828. The van der Waals surface area contributed by atoms with Crippen molar-refractivity contribution in [3.63, 3.8) is 0 Å². The van der Waals surface area contributed by atoms with Crippen molar-refractivity contribution in [1.29, 1.82) is 0 Å². The number of carbonyl (C=O) groups excluding carboxylic acids is 1. The molecule has 0 N–H and O–H groups in total. The molecule has 2 bridgehead atoms. The van der Waals surface area contributed by atoms with E-state index in [0.717, 1.165) is 10.0 Å². The van der Waals surface area contributed by atoms with Crippen molar-refractivity contribution in [2.45, 2.75) is 62.9 Å². The van der Waals surface area contributed by atoms with Gasteiger partial charge < -0.3 is 18.6 Å². The van der Waals surface area contributed by atoms with Crippen LogP contribution in [0.15, 0.2) is 28.8 Å². The van der Waals surface area contributed by atoms with Gasteiger partial charge in [-0.3, -0.25) is 4.79 Å². The van der Waals surface area contributed by atoms with Crippen molar-refractivity contribution in [2.24, 2.45) is 0 Å². The third-order valence-electron chi connectivity index (χ3n) is 6.29. The van der Waals surface area contributed by atoms with Crippen LogP contribution in [-0.2, 0) is 19.4 Å². The molecule has 3 heterocycles. The third-order valence-corrected chi connectivity index (χ3v) is 11.5. The number of hydrogen-bond donors (Lipinski definition) is 0. The molecular weight excluding hydrogens is 428 g/mol. The Morgan fingerprint density at radius 1 is 1.22 bits per heavy atom. The number of rotatable bonds is 3. The average molecular weight is 453 g/mol. The van der Waals surface area contributed by atoms with Gasteiger partial charge in [0.25, 0.3) is 0 Å². The summed E-state index contributed by atoms with van der Waals surface area (Å²) in [4.78, 5) is 13.1. The molecule has 0 amide bonds. The maximum atomic E-state index is 13.1. The molecule has 1 aromatic carbocycles. The molecule has 1 aromatic rings. The molecule has 7 heteroatoms. The molecule has 1 aliphatic carbocycles. The molecule has 4 aliphatic rings. The minimum Gasteiger partial charge on any atom is -0.456 e. The van der Waals surface area contributed by atoms with Crippen LogP contribution in [0.25, 0.3) is 0 Å². The molecule has 0 radical (unpaired) electrons. The van der Waals surface area contributed by atoms with Crippen LogP contribution in [-0.4, -0.2) is 33.3 Å². The maximum Gasteiger partial charge on any atom is 0.323 e. The molecule has 0 saturated carbocycles. The summed E-state index contributed by atoms with van der Waals surface area (Å²) >= 11 is 3.60. The van der Waals surface area contributed by atoms with Crippen molar-refractivity contribution in [2.75, 3.05) is 6.79 Å². The molecule has 3 atom stereocenters. The van der Waals surface area contributed by atoms with Gasteiger partial charge >= 0.3 is 5.97 Å². The van der Waals surface area contributed by atoms with E-state index >= 15 is 0 Å². The minimum atomic E-state index is -2.09. The van der Waals surface area contributed by atoms with E-state index in [0.29, 0.717) is 17.9 Å². The highest BCUT2D eigenvalue weighted by Gasteiger charge is 2.59. The standard InChI is InChI=1S/C20H25BrO5Si/c1-19(2,3)27(4,5)26-17-9-15-13(21)10-20(17,18(22)25-15)12-6-7-14-16(8-12)24-11-23-14/h6-8,10,15,17H,9,11H2,1-5H3/t15-,17-,20+/m1/s1. The fraction of sp³-hybridized carbons (Fsp3) is 0.550. The molecular formula is C20H25BrO5Si. The zero-order valence-corrected chi connectivity index (χ0v) is 18.9.